The number of nitrogens with two attached hydrogens (primary N) is 1. The van der Waals surface area contributed by atoms with E-state index < -0.39 is 16.4 Å². The molecule has 0 bridgehead atoms. The van der Waals surface area contributed by atoms with E-state index in [-0.39, 0.29) is 11.4 Å². The topological polar surface area (TPSA) is 78.4 Å². The molecule has 0 amide bonds. The summed E-state index contributed by atoms with van der Waals surface area (Å²) in [6.07, 6.45) is 0. The molecule has 0 saturated heterocycles. The summed E-state index contributed by atoms with van der Waals surface area (Å²) in [5.74, 6) is -1.21. The molecule has 0 unspecified atom stereocenters. The zero-order valence-corrected chi connectivity index (χ0v) is 6.78. The first-order valence-corrected chi connectivity index (χ1v) is 3.34. The largest absolute Gasteiger partial charge is 0.489 e. The Morgan fingerprint density at radius 2 is 2.23 bits per heavy atom. The fraction of sp³-hybridized carbons (Fsp3) is 0.143. The van der Waals surface area contributed by atoms with E-state index in [1.807, 2.05) is 0 Å². The molecule has 70 valence electrons. The van der Waals surface area contributed by atoms with Gasteiger partial charge in [-0.25, -0.2) is 0 Å². The molecule has 0 heterocycles. The van der Waals surface area contributed by atoms with Crippen molar-refractivity contribution in [3.8, 4) is 5.75 Å². The number of ether oxygens (including phenoxy) is 1. The Labute approximate surface area is 73.1 Å². The zero-order chi connectivity index (χ0) is 10.0. The number of benzene rings is 1. The van der Waals surface area contributed by atoms with E-state index >= 15 is 0 Å². The molecule has 5 nitrogen and oxygen atoms in total. The van der Waals surface area contributed by atoms with Gasteiger partial charge in [-0.1, -0.05) is 0 Å². The van der Waals surface area contributed by atoms with Crippen molar-refractivity contribution in [3.05, 3.63) is 28.1 Å². The first kappa shape index (κ1) is 9.24. The number of halogens is 1. The predicted octanol–water partition coefficient (Wildman–Crippen LogP) is 1.32. The van der Waals surface area contributed by atoms with Gasteiger partial charge in [0.25, 0.3) is 0 Å². The third kappa shape index (κ3) is 1.51. The van der Waals surface area contributed by atoms with Gasteiger partial charge in [0.1, 0.15) is 0 Å². The molecular weight excluding hydrogens is 179 g/mol. The Morgan fingerprint density at radius 1 is 1.62 bits per heavy atom. The van der Waals surface area contributed by atoms with Gasteiger partial charge in [-0.15, -0.1) is 0 Å². The van der Waals surface area contributed by atoms with Crippen LogP contribution in [0.1, 0.15) is 0 Å². The maximum absolute atomic E-state index is 12.9. The van der Waals surface area contributed by atoms with Gasteiger partial charge in [-0.05, 0) is 12.1 Å². The van der Waals surface area contributed by atoms with Gasteiger partial charge in [-0.3, -0.25) is 10.1 Å². The Hall–Kier alpha value is -1.85. The molecule has 13 heavy (non-hydrogen) atoms. The van der Waals surface area contributed by atoms with Crippen LogP contribution in [0.15, 0.2) is 12.1 Å². The van der Waals surface area contributed by atoms with Crippen LogP contribution in [0.3, 0.4) is 0 Å². The van der Waals surface area contributed by atoms with Crippen LogP contribution in [0.25, 0.3) is 0 Å². The van der Waals surface area contributed by atoms with E-state index in [4.69, 9.17) is 5.73 Å². The van der Waals surface area contributed by atoms with Crippen LogP contribution in [-0.2, 0) is 0 Å². The fourth-order valence-electron chi connectivity index (χ4n) is 0.947. The van der Waals surface area contributed by atoms with E-state index in [1.165, 1.54) is 13.2 Å². The van der Waals surface area contributed by atoms with Crippen LogP contribution in [0, 0.1) is 15.9 Å². The van der Waals surface area contributed by atoms with E-state index in [9.17, 15) is 14.5 Å². The Bertz CT molecular complexity index is 354. The molecule has 0 fully saturated rings. The molecule has 0 aliphatic rings. The lowest BCUT2D eigenvalue weighted by molar-refractivity contribution is -0.388. The minimum absolute atomic E-state index is 0.0376. The van der Waals surface area contributed by atoms with Gasteiger partial charge in [0.2, 0.25) is 11.6 Å². The number of nitrogens with zero attached hydrogens (tertiary/aromatic N) is 1. The molecule has 0 aliphatic carbocycles. The van der Waals surface area contributed by atoms with E-state index in [0.29, 0.717) is 0 Å². The average molecular weight is 186 g/mol. The van der Waals surface area contributed by atoms with Gasteiger partial charge in [-0.2, -0.15) is 4.39 Å². The average Bonchev–Trinajstić information content (AvgIpc) is 2.07. The third-order valence-corrected chi connectivity index (χ3v) is 1.50. The van der Waals surface area contributed by atoms with Crippen molar-refractivity contribution in [2.75, 3.05) is 12.8 Å². The van der Waals surface area contributed by atoms with E-state index in [1.54, 1.807) is 0 Å². The number of nitro groups is 1. The normalized spacial score (nSPS) is 9.69. The van der Waals surface area contributed by atoms with Gasteiger partial charge in [0.15, 0.2) is 0 Å². The van der Waals surface area contributed by atoms with Gasteiger partial charge in [0.05, 0.1) is 17.7 Å². The Balaban J connectivity index is 3.43. The molecule has 0 aromatic heterocycles. The summed E-state index contributed by atoms with van der Waals surface area (Å²) >= 11 is 0. The van der Waals surface area contributed by atoms with Crippen molar-refractivity contribution in [2.24, 2.45) is 0 Å². The fourth-order valence-corrected chi connectivity index (χ4v) is 0.947. The molecule has 0 aliphatic heterocycles. The second-order valence-electron chi connectivity index (χ2n) is 2.28. The molecule has 6 heteroatoms. The first-order chi connectivity index (χ1) is 6.07. The lowest BCUT2D eigenvalue weighted by atomic mass is 10.2. The lowest BCUT2D eigenvalue weighted by Crippen LogP contribution is -2.00. The number of anilines is 1. The molecule has 1 rings (SSSR count). The maximum atomic E-state index is 12.9. The standard InChI is InChI=1S/C7H7FN2O3/c1-13-7-5(9)3-2-4(8)6(7)10(11)12/h2-3H,9H2,1H3. The highest BCUT2D eigenvalue weighted by Gasteiger charge is 2.23. The molecule has 0 atom stereocenters. The number of hydrogen-bond acceptors (Lipinski definition) is 4. The van der Waals surface area contributed by atoms with Crippen molar-refractivity contribution in [2.45, 2.75) is 0 Å². The molecule has 1 aromatic rings. The zero-order valence-electron chi connectivity index (χ0n) is 6.78. The summed E-state index contributed by atoms with van der Waals surface area (Å²) in [7, 11) is 1.19. The van der Waals surface area contributed by atoms with Crippen molar-refractivity contribution in [1.29, 1.82) is 0 Å². The first-order valence-electron chi connectivity index (χ1n) is 3.34. The monoisotopic (exact) mass is 186 g/mol. The predicted molar refractivity (Wildman–Crippen MR) is 44.0 cm³/mol. The van der Waals surface area contributed by atoms with Crippen LogP contribution in [-0.4, -0.2) is 12.0 Å². The lowest BCUT2D eigenvalue weighted by Gasteiger charge is -2.04. The number of rotatable bonds is 2. The number of methoxy groups -OCH3 is 1. The minimum atomic E-state index is -0.962. The van der Waals surface area contributed by atoms with E-state index in [0.717, 1.165) is 6.07 Å². The van der Waals surface area contributed by atoms with Crippen LogP contribution in [0.4, 0.5) is 15.8 Å². The molecule has 0 spiro atoms. The number of nitrogen functional groups attached to an aromatic ring is 1. The minimum Gasteiger partial charge on any atom is -0.489 e. The highest BCUT2D eigenvalue weighted by molar-refractivity contribution is 5.64. The maximum Gasteiger partial charge on any atom is 0.348 e. The number of hydrogen-bond donors (Lipinski definition) is 1. The van der Waals surface area contributed by atoms with Crippen molar-refractivity contribution in [3.63, 3.8) is 0 Å². The van der Waals surface area contributed by atoms with Crippen LogP contribution < -0.4 is 10.5 Å². The highest BCUT2D eigenvalue weighted by Crippen LogP contribution is 2.34. The molecule has 0 saturated carbocycles. The molecular formula is C7H7FN2O3. The molecule has 0 radical (unpaired) electrons. The van der Waals surface area contributed by atoms with Crippen molar-refractivity contribution >= 4 is 11.4 Å². The quantitative estimate of drug-likeness (QED) is 0.429. The third-order valence-electron chi connectivity index (χ3n) is 1.50. The summed E-state index contributed by atoms with van der Waals surface area (Å²) in [4.78, 5) is 9.51. The SMILES string of the molecule is COc1c(N)ccc(F)c1[N+](=O)[O-]. The summed E-state index contributed by atoms with van der Waals surface area (Å²) in [6, 6.07) is 2.14. The summed E-state index contributed by atoms with van der Waals surface area (Å²) in [6.45, 7) is 0. The van der Waals surface area contributed by atoms with Gasteiger partial charge in [0, 0.05) is 0 Å². The van der Waals surface area contributed by atoms with Gasteiger partial charge < -0.3 is 10.5 Å². The smallest absolute Gasteiger partial charge is 0.348 e. The Morgan fingerprint density at radius 3 is 2.62 bits per heavy atom. The molecule has 1 aromatic carbocycles. The van der Waals surface area contributed by atoms with Crippen LogP contribution >= 0.6 is 0 Å². The second kappa shape index (κ2) is 3.26. The van der Waals surface area contributed by atoms with Crippen molar-refractivity contribution in [1.82, 2.24) is 0 Å². The van der Waals surface area contributed by atoms with E-state index in [2.05, 4.69) is 4.74 Å². The highest BCUT2D eigenvalue weighted by atomic mass is 19.1. The van der Waals surface area contributed by atoms with Crippen molar-refractivity contribution < 1.29 is 14.1 Å². The second-order valence-corrected chi connectivity index (χ2v) is 2.28. The summed E-state index contributed by atoms with van der Waals surface area (Å²) < 4.78 is 17.5. The summed E-state index contributed by atoms with van der Waals surface area (Å²) in [5, 5.41) is 10.4. The number of nitro benzene ring substituents is 1. The van der Waals surface area contributed by atoms with Crippen LogP contribution in [0.2, 0.25) is 0 Å². The molecule has 2 N–H and O–H groups in total. The summed E-state index contributed by atoms with van der Waals surface area (Å²) in [5.41, 5.74) is 4.65. The van der Waals surface area contributed by atoms with Gasteiger partial charge >= 0.3 is 5.69 Å². The Kier molecular flexibility index (Phi) is 2.32. The van der Waals surface area contributed by atoms with Crippen LogP contribution in [0.5, 0.6) is 5.75 Å².